The first kappa shape index (κ1) is 20.3. The van der Waals surface area contributed by atoms with E-state index in [1.807, 2.05) is 12.3 Å². The van der Waals surface area contributed by atoms with Gasteiger partial charge in [-0.3, -0.25) is 4.98 Å². The molecule has 0 unspecified atom stereocenters. The van der Waals surface area contributed by atoms with E-state index in [1.165, 1.54) is 5.56 Å². The van der Waals surface area contributed by atoms with Gasteiger partial charge in [-0.25, -0.2) is 13.1 Å². The highest BCUT2D eigenvalue weighted by atomic mass is 32.2. The maximum Gasteiger partial charge on any atom is 0.240 e. The Balaban J connectivity index is 1.21. The van der Waals surface area contributed by atoms with Crippen molar-refractivity contribution in [3.63, 3.8) is 0 Å². The molecule has 2 fully saturated rings. The van der Waals surface area contributed by atoms with E-state index in [2.05, 4.69) is 25.9 Å². The van der Waals surface area contributed by atoms with Crippen molar-refractivity contribution in [3.8, 4) is 11.4 Å². The van der Waals surface area contributed by atoms with Crippen molar-refractivity contribution in [1.82, 2.24) is 19.8 Å². The first-order chi connectivity index (χ1) is 15.1. The lowest BCUT2D eigenvalue weighted by Gasteiger charge is -2.29. The van der Waals surface area contributed by atoms with Crippen molar-refractivity contribution in [2.75, 3.05) is 6.54 Å². The third kappa shape index (κ3) is 4.70. The third-order valence-corrected chi connectivity index (χ3v) is 7.73. The topological polar surface area (TPSA) is 98.0 Å². The van der Waals surface area contributed by atoms with E-state index < -0.39 is 10.0 Å². The highest BCUT2D eigenvalue weighted by molar-refractivity contribution is 7.89. The zero-order valence-corrected chi connectivity index (χ0v) is 18.1. The fourth-order valence-corrected chi connectivity index (χ4v) is 5.46. The lowest BCUT2D eigenvalue weighted by Crippen LogP contribution is -2.31. The molecule has 2 heterocycles. The highest BCUT2D eigenvalue weighted by Gasteiger charge is 2.30. The minimum Gasteiger partial charge on any atom is -0.339 e. The number of sulfonamides is 1. The van der Waals surface area contributed by atoms with Gasteiger partial charge in [-0.2, -0.15) is 4.98 Å². The first-order valence-electron chi connectivity index (χ1n) is 10.9. The van der Waals surface area contributed by atoms with Crippen LogP contribution in [0.2, 0.25) is 0 Å². The van der Waals surface area contributed by atoms with Crippen LogP contribution in [-0.2, 0) is 10.0 Å². The largest absolute Gasteiger partial charge is 0.339 e. The average Bonchev–Trinajstić information content (AvgIpc) is 3.55. The van der Waals surface area contributed by atoms with Gasteiger partial charge >= 0.3 is 0 Å². The molecule has 0 bridgehead atoms. The van der Waals surface area contributed by atoms with E-state index in [9.17, 15) is 8.42 Å². The molecule has 0 saturated heterocycles. The second-order valence-electron chi connectivity index (χ2n) is 8.62. The molecular weight excluding hydrogens is 412 g/mol. The molecule has 2 aliphatic carbocycles. The van der Waals surface area contributed by atoms with E-state index in [4.69, 9.17) is 4.52 Å². The summed E-state index contributed by atoms with van der Waals surface area (Å²) in [6, 6.07) is 10.7. The van der Waals surface area contributed by atoms with Gasteiger partial charge in [0.05, 0.1) is 4.90 Å². The summed E-state index contributed by atoms with van der Waals surface area (Å²) in [5.41, 5.74) is 2.00. The number of nitrogens with one attached hydrogen (secondary N) is 1. The van der Waals surface area contributed by atoms with Crippen LogP contribution in [0.15, 0.2) is 58.2 Å². The number of pyridine rings is 1. The van der Waals surface area contributed by atoms with Crippen LogP contribution in [0.5, 0.6) is 0 Å². The van der Waals surface area contributed by atoms with Gasteiger partial charge in [0.2, 0.25) is 21.7 Å². The summed E-state index contributed by atoms with van der Waals surface area (Å²) < 4.78 is 33.7. The molecule has 0 aliphatic heterocycles. The van der Waals surface area contributed by atoms with Crippen LogP contribution < -0.4 is 4.72 Å². The Bertz CT molecular complexity index is 1130. The van der Waals surface area contributed by atoms with Gasteiger partial charge < -0.3 is 4.52 Å². The Morgan fingerprint density at radius 2 is 1.87 bits per heavy atom. The fraction of sp³-hybridized carbons (Fsp3) is 0.435. The van der Waals surface area contributed by atoms with Crippen LogP contribution in [0, 0.1) is 5.92 Å². The first-order valence-corrected chi connectivity index (χ1v) is 12.4. The summed E-state index contributed by atoms with van der Waals surface area (Å²) in [5, 5.41) is 4.01. The van der Waals surface area contributed by atoms with E-state index in [0.29, 0.717) is 36.0 Å². The summed E-state index contributed by atoms with van der Waals surface area (Å²) >= 11 is 0. The van der Waals surface area contributed by atoms with E-state index in [1.54, 1.807) is 30.5 Å². The van der Waals surface area contributed by atoms with Crippen molar-refractivity contribution >= 4 is 10.0 Å². The standard InChI is InChI=1S/C23H26N4O3S/c28-31(29,25-14-16-3-1-4-19(13-16)20-5-2-12-24-15-20)21-10-8-17(9-11-21)22-26-23(30-27-22)18-6-7-18/h2,5,8-12,15-16,18-19,25H,1,3-4,6-7,13-14H2/t16-,19+/m0/s1. The van der Waals surface area contributed by atoms with Gasteiger partial charge in [0.25, 0.3) is 0 Å². The fourth-order valence-electron chi connectivity index (χ4n) is 4.34. The summed E-state index contributed by atoms with van der Waals surface area (Å²) in [6.45, 7) is 0.455. The van der Waals surface area contributed by atoms with E-state index in [0.717, 1.165) is 44.1 Å². The number of aromatic nitrogens is 3. The number of rotatable bonds is 7. The molecule has 0 amide bonds. The van der Waals surface area contributed by atoms with Crippen molar-refractivity contribution in [1.29, 1.82) is 0 Å². The monoisotopic (exact) mass is 438 g/mol. The third-order valence-electron chi connectivity index (χ3n) is 6.29. The Kier molecular flexibility index (Phi) is 5.58. The maximum atomic E-state index is 12.8. The number of benzene rings is 1. The SMILES string of the molecule is O=S(=O)(NC[C@H]1CCC[C@@H](c2cccnc2)C1)c1ccc(-c2noc(C3CC3)n2)cc1. The molecule has 2 aromatic heterocycles. The minimum absolute atomic E-state index is 0.252. The summed E-state index contributed by atoms with van der Waals surface area (Å²) in [7, 11) is -3.57. The Labute approximate surface area is 182 Å². The molecule has 162 valence electrons. The molecule has 1 N–H and O–H groups in total. The molecule has 2 atom stereocenters. The molecule has 8 heteroatoms. The van der Waals surface area contributed by atoms with Crippen molar-refractivity contribution < 1.29 is 12.9 Å². The number of nitrogens with zero attached hydrogens (tertiary/aromatic N) is 3. The van der Waals surface area contributed by atoms with Crippen LogP contribution in [0.25, 0.3) is 11.4 Å². The molecule has 0 spiro atoms. The predicted molar refractivity (Wildman–Crippen MR) is 116 cm³/mol. The zero-order valence-electron chi connectivity index (χ0n) is 17.3. The van der Waals surface area contributed by atoms with E-state index >= 15 is 0 Å². The second-order valence-corrected chi connectivity index (χ2v) is 10.4. The smallest absolute Gasteiger partial charge is 0.240 e. The quantitative estimate of drug-likeness (QED) is 0.592. The Morgan fingerprint density at radius 3 is 2.61 bits per heavy atom. The van der Waals surface area contributed by atoms with Crippen molar-refractivity contribution in [2.24, 2.45) is 5.92 Å². The molecule has 0 radical (unpaired) electrons. The lowest BCUT2D eigenvalue weighted by atomic mass is 9.78. The van der Waals surface area contributed by atoms with Crippen molar-refractivity contribution in [3.05, 3.63) is 60.2 Å². The normalized spacial score (nSPS) is 21.8. The molecule has 5 rings (SSSR count). The summed E-state index contributed by atoms with van der Waals surface area (Å²) in [5.74, 6) is 2.34. The van der Waals surface area contributed by atoms with Gasteiger partial charge in [-0.05, 0) is 79.8 Å². The Hall–Kier alpha value is -2.58. The zero-order chi connectivity index (χ0) is 21.3. The predicted octanol–water partition coefficient (Wildman–Crippen LogP) is 4.26. The van der Waals surface area contributed by atoms with Gasteiger partial charge in [-0.15, -0.1) is 0 Å². The molecule has 2 saturated carbocycles. The van der Waals surface area contributed by atoms with Gasteiger partial charge in [0, 0.05) is 30.4 Å². The summed E-state index contributed by atoms with van der Waals surface area (Å²) in [4.78, 5) is 8.89. The Morgan fingerprint density at radius 1 is 1.03 bits per heavy atom. The van der Waals surface area contributed by atoms with Crippen LogP contribution in [0.3, 0.4) is 0 Å². The summed E-state index contributed by atoms with van der Waals surface area (Å²) in [6.07, 6.45) is 10.2. The molecule has 31 heavy (non-hydrogen) atoms. The van der Waals surface area contributed by atoms with Crippen LogP contribution in [0.4, 0.5) is 0 Å². The second kappa shape index (κ2) is 8.51. The van der Waals surface area contributed by atoms with E-state index in [-0.39, 0.29) is 4.90 Å². The highest BCUT2D eigenvalue weighted by Crippen LogP contribution is 2.39. The van der Waals surface area contributed by atoms with Gasteiger partial charge in [-0.1, -0.05) is 17.6 Å². The number of hydrogen-bond donors (Lipinski definition) is 1. The lowest BCUT2D eigenvalue weighted by molar-refractivity contribution is 0.321. The molecular formula is C23H26N4O3S. The number of hydrogen-bond acceptors (Lipinski definition) is 6. The molecule has 7 nitrogen and oxygen atoms in total. The average molecular weight is 439 g/mol. The molecule has 3 aromatic rings. The van der Waals surface area contributed by atoms with Crippen LogP contribution in [0.1, 0.15) is 61.8 Å². The molecule has 1 aromatic carbocycles. The van der Waals surface area contributed by atoms with Gasteiger partial charge in [0.1, 0.15) is 0 Å². The van der Waals surface area contributed by atoms with Gasteiger partial charge in [0.15, 0.2) is 0 Å². The van der Waals surface area contributed by atoms with Crippen molar-refractivity contribution in [2.45, 2.75) is 55.3 Å². The molecule has 2 aliphatic rings. The van der Waals surface area contributed by atoms with Crippen LogP contribution >= 0.6 is 0 Å². The minimum atomic E-state index is -3.57. The van der Waals surface area contributed by atoms with Crippen LogP contribution in [-0.4, -0.2) is 30.1 Å². The maximum absolute atomic E-state index is 12.8.